The van der Waals surface area contributed by atoms with Gasteiger partial charge in [0.05, 0.1) is 6.61 Å². The molecule has 1 aromatic carbocycles. The second-order valence-corrected chi connectivity index (χ2v) is 4.87. The number of aromatic nitrogens is 2. The van der Waals surface area contributed by atoms with Crippen LogP contribution < -0.4 is 5.32 Å². The van der Waals surface area contributed by atoms with Gasteiger partial charge in [-0.15, -0.1) is 0 Å². The van der Waals surface area contributed by atoms with Crippen LogP contribution in [0.5, 0.6) is 0 Å². The highest BCUT2D eigenvalue weighted by Crippen LogP contribution is 2.15. The van der Waals surface area contributed by atoms with Crippen molar-refractivity contribution in [3.63, 3.8) is 0 Å². The zero-order valence-electron chi connectivity index (χ0n) is 12.1. The fraction of sp³-hybridized carbons (Fsp3) is 0.375. The minimum atomic E-state index is 0.0710. The third-order valence-electron chi connectivity index (χ3n) is 3.14. The highest BCUT2D eigenvalue weighted by atomic mass is 16.3. The lowest BCUT2D eigenvalue weighted by atomic mass is 10.1. The molecule has 0 aliphatic carbocycles. The Balaban J connectivity index is 2.11. The lowest BCUT2D eigenvalue weighted by molar-refractivity contribution is 0.281. The molecule has 0 saturated heterocycles. The smallest absolute Gasteiger partial charge is 0.133 e. The monoisotopic (exact) mass is 271 g/mol. The van der Waals surface area contributed by atoms with E-state index in [1.54, 1.807) is 0 Å². The predicted molar refractivity (Wildman–Crippen MR) is 80.5 cm³/mol. The minimum absolute atomic E-state index is 0.0710. The van der Waals surface area contributed by atoms with E-state index in [0.717, 1.165) is 41.2 Å². The Labute approximate surface area is 119 Å². The van der Waals surface area contributed by atoms with Crippen LogP contribution in [0.3, 0.4) is 0 Å². The number of hydrogen-bond acceptors (Lipinski definition) is 4. The Hall–Kier alpha value is -1.94. The van der Waals surface area contributed by atoms with Crippen LogP contribution in [-0.4, -0.2) is 15.1 Å². The summed E-state index contributed by atoms with van der Waals surface area (Å²) in [6.07, 6.45) is 3.94. The quantitative estimate of drug-likeness (QED) is 0.848. The van der Waals surface area contributed by atoms with Gasteiger partial charge in [0.15, 0.2) is 0 Å². The van der Waals surface area contributed by atoms with Crippen LogP contribution in [0.4, 0.5) is 5.82 Å². The molecule has 0 amide bonds. The Morgan fingerprint density at radius 2 is 2.05 bits per heavy atom. The molecule has 4 nitrogen and oxygen atoms in total. The molecule has 0 aliphatic heterocycles. The Morgan fingerprint density at radius 3 is 2.80 bits per heavy atom. The zero-order chi connectivity index (χ0) is 14.4. The molecule has 2 N–H and O–H groups in total. The van der Waals surface area contributed by atoms with E-state index in [1.165, 1.54) is 0 Å². The first kappa shape index (κ1) is 14.5. The summed E-state index contributed by atoms with van der Waals surface area (Å²) in [6, 6.07) is 7.92. The molecule has 0 fully saturated rings. The fourth-order valence-electron chi connectivity index (χ4n) is 2.12. The van der Waals surface area contributed by atoms with Crippen molar-refractivity contribution >= 4 is 5.82 Å². The number of rotatable bonds is 6. The molecule has 106 valence electrons. The summed E-state index contributed by atoms with van der Waals surface area (Å²) in [7, 11) is 0. The number of anilines is 1. The first-order valence-electron chi connectivity index (χ1n) is 6.98. The zero-order valence-corrected chi connectivity index (χ0v) is 12.1. The number of nitrogens with one attached hydrogen (secondary N) is 1. The SMILES string of the molecule is CCCc1cnc(C)nc1NCc1cccc(CO)c1. The third kappa shape index (κ3) is 3.78. The van der Waals surface area contributed by atoms with E-state index in [2.05, 4.69) is 22.2 Å². The largest absolute Gasteiger partial charge is 0.392 e. The van der Waals surface area contributed by atoms with Gasteiger partial charge in [0.2, 0.25) is 0 Å². The van der Waals surface area contributed by atoms with Gasteiger partial charge >= 0.3 is 0 Å². The van der Waals surface area contributed by atoms with Crippen molar-refractivity contribution in [2.45, 2.75) is 39.8 Å². The standard InChI is InChI=1S/C16H21N3O/c1-3-5-15-10-17-12(2)19-16(15)18-9-13-6-4-7-14(8-13)11-20/h4,6-8,10,20H,3,5,9,11H2,1-2H3,(H,17,18,19). The summed E-state index contributed by atoms with van der Waals surface area (Å²) in [6.45, 7) is 4.81. The molecule has 2 aromatic rings. The van der Waals surface area contributed by atoms with Crippen molar-refractivity contribution in [3.8, 4) is 0 Å². The Morgan fingerprint density at radius 1 is 1.25 bits per heavy atom. The van der Waals surface area contributed by atoms with Gasteiger partial charge in [-0.3, -0.25) is 0 Å². The summed E-state index contributed by atoms with van der Waals surface area (Å²) in [4.78, 5) is 8.73. The molecule has 0 aliphatic rings. The van der Waals surface area contributed by atoms with E-state index in [9.17, 15) is 0 Å². The minimum Gasteiger partial charge on any atom is -0.392 e. The van der Waals surface area contributed by atoms with Crippen LogP contribution in [0.25, 0.3) is 0 Å². The van der Waals surface area contributed by atoms with Gasteiger partial charge in [-0.25, -0.2) is 9.97 Å². The van der Waals surface area contributed by atoms with Crippen molar-refractivity contribution in [1.29, 1.82) is 0 Å². The van der Waals surface area contributed by atoms with Crippen LogP contribution in [0.2, 0.25) is 0 Å². The molecule has 20 heavy (non-hydrogen) atoms. The van der Waals surface area contributed by atoms with Crippen molar-refractivity contribution in [2.75, 3.05) is 5.32 Å². The highest BCUT2D eigenvalue weighted by molar-refractivity contribution is 5.44. The van der Waals surface area contributed by atoms with Gasteiger partial charge in [0.25, 0.3) is 0 Å². The molecule has 0 spiro atoms. The second kappa shape index (κ2) is 7.01. The maximum atomic E-state index is 9.16. The molecule has 0 radical (unpaired) electrons. The Bertz CT molecular complexity index is 569. The number of aliphatic hydroxyl groups is 1. The number of nitrogens with zero attached hydrogens (tertiary/aromatic N) is 2. The van der Waals surface area contributed by atoms with Crippen LogP contribution in [0.1, 0.15) is 35.9 Å². The lowest BCUT2D eigenvalue weighted by Gasteiger charge is -2.11. The summed E-state index contributed by atoms with van der Waals surface area (Å²) in [5, 5.41) is 12.5. The van der Waals surface area contributed by atoms with Gasteiger partial charge in [0.1, 0.15) is 11.6 Å². The van der Waals surface area contributed by atoms with Gasteiger partial charge in [0, 0.05) is 18.3 Å². The topological polar surface area (TPSA) is 58.0 Å². The average molecular weight is 271 g/mol. The van der Waals surface area contributed by atoms with E-state index in [0.29, 0.717) is 6.54 Å². The van der Waals surface area contributed by atoms with Crippen LogP contribution in [0.15, 0.2) is 30.5 Å². The number of aliphatic hydroxyl groups excluding tert-OH is 1. The van der Waals surface area contributed by atoms with Gasteiger partial charge in [-0.1, -0.05) is 37.6 Å². The number of benzene rings is 1. The number of aryl methyl sites for hydroxylation is 2. The van der Waals surface area contributed by atoms with Gasteiger partial charge in [-0.2, -0.15) is 0 Å². The third-order valence-corrected chi connectivity index (χ3v) is 3.14. The summed E-state index contributed by atoms with van der Waals surface area (Å²) in [5.74, 6) is 1.69. The molecule has 0 saturated carbocycles. The molecular weight excluding hydrogens is 250 g/mol. The molecular formula is C16H21N3O. The van der Waals surface area contributed by atoms with E-state index in [1.807, 2.05) is 37.4 Å². The maximum Gasteiger partial charge on any atom is 0.133 e. The van der Waals surface area contributed by atoms with E-state index < -0.39 is 0 Å². The lowest BCUT2D eigenvalue weighted by Crippen LogP contribution is -2.07. The molecule has 4 heteroatoms. The average Bonchev–Trinajstić information content (AvgIpc) is 2.48. The van der Waals surface area contributed by atoms with Crippen molar-refractivity contribution in [3.05, 3.63) is 53.0 Å². The first-order chi connectivity index (χ1) is 9.72. The van der Waals surface area contributed by atoms with Crippen LogP contribution >= 0.6 is 0 Å². The molecule has 0 unspecified atom stereocenters. The van der Waals surface area contributed by atoms with E-state index in [4.69, 9.17) is 5.11 Å². The summed E-state index contributed by atoms with van der Waals surface area (Å²) in [5.41, 5.74) is 3.21. The predicted octanol–water partition coefficient (Wildman–Crippen LogP) is 2.84. The van der Waals surface area contributed by atoms with E-state index >= 15 is 0 Å². The van der Waals surface area contributed by atoms with Gasteiger partial charge in [-0.05, 0) is 24.5 Å². The van der Waals surface area contributed by atoms with E-state index in [-0.39, 0.29) is 6.61 Å². The van der Waals surface area contributed by atoms with Gasteiger partial charge < -0.3 is 10.4 Å². The number of hydrogen-bond donors (Lipinski definition) is 2. The summed E-state index contributed by atoms with van der Waals surface area (Å²) < 4.78 is 0. The van der Waals surface area contributed by atoms with Crippen LogP contribution in [0, 0.1) is 6.92 Å². The molecule has 1 heterocycles. The highest BCUT2D eigenvalue weighted by Gasteiger charge is 2.05. The fourth-order valence-corrected chi connectivity index (χ4v) is 2.12. The summed E-state index contributed by atoms with van der Waals surface area (Å²) >= 11 is 0. The Kier molecular flexibility index (Phi) is 5.07. The molecule has 2 rings (SSSR count). The van der Waals surface area contributed by atoms with Crippen molar-refractivity contribution < 1.29 is 5.11 Å². The van der Waals surface area contributed by atoms with Crippen molar-refractivity contribution in [1.82, 2.24) is 9.97 Å². The first-order valence-corrected chi connectivity index (χ1v) is 6.98. The normalized spacial score (nSPS) is 10.6. The maximum absolute atomic E-state index is 9.16. The van der Waals surface area contributed by atoms with Crippen molar-refractivity contribution in [2.24, 2.45) is 0 Å². The van der Waals surface area contributed by atoms with Crippen LogP contribution in [-0.2, 0) is 19.6 Å². The molecule has 0 atom stereocenters. The molecule has 1 aromatic heterocycles. The second-order valence-electron chi connectivity index (χ2n) is 4.87. The molecule has 0 bridgehead atoms.